The molecule has 0 aliphatic rings. The second-order valence-corrected chi connectivity index (χ2v) is 4.03. The topological polar surface area (TPSA) is 23.8 Å². The first kappa shape index (κ1) is 24.8. The van der Waals surface area contributed by atoms with Crippen LogP contribution in [0.25, 0.3) is 16.5 Å². The molecular formula is C18H21NSiTi. The van der Waals surface area contributed by atoms with Crippen LogP contribution in [0.3, 0.4) is 0 Å². The van der Waals surface area contributed by atoms with Crippen LogP contribution in [0, 0.1) is 21.8 Å². The maximum atomic E-state index is 7.00. The van der Waals surface area contributed by atoms with Gasteiger partial charge in [0.2, 0.25) is 0 Å². The Morgan fingerprint density at radius 1 is 0.857 bits per heavy atom. The Kier molecular flexibility index (Phi) is 14.8. The summed E-state index contributed by atoms with van der Waals surface area (Å²) in [6.45, 7) is 2.12. The van der Waals surface area contributed by atoms with Crippen molar-refractivity contribution in [2.24, 2.45) is 0 Å². The minimum atomic E-state index is 0. The molecule has 0 bridgehead atoms. The van der Waals surface area contributed by atoms with Crippen molar-refractivity contribution in [3.8, 4) is 0 Å². The number of aryl methyl sites for hydroxylation is 1. The molecule has 1 N–H and O–H groups in total. The summed E-state index contributed by atoms with van der Waals surface area (Å²) >= 11 is 0. The zero-order chi connectivity index (χ0) is 12.1. The van der Waals surface area contributed by atoms with E-state index >= 15 is 0 Å². The van der Waals surface area contributed by atoms with Crippen LogP contribution in [0.4, 0.5) is 5.69 Å². The minimum Gasteiger partial charge on any atom is -0.699 e. The van der Waals surface area contributed by atoms with Gasteiger partial charge in [0.25, 0.3) is 0 Å². The first-order valence-corrected chi connectivity index (χ1v) is 5.64. The van der Waals surface area contributed by atoms with Gasteiger partial charge in [-0.25, -0.2) is 0 Å². The fourth-order valence-electron chi connectivity index (χ4n) is 1.74. The van der Waals surface area contributed by atoms with Gasteiger partial charge in [0, 0.05) is 11.0 Å². The van der Waals surface area contributed by atoms with Gasteiger partial charge in [-0.3, -0.25) is 0 Å². The number of rotatable bonds is 0. The summed E-state index contributed by atoms with van der Waals surface area (Å²) < 4.78 is 0. The first-order valence-electron chi connectivity index (χ1n) is 5.64. The summed E-state index contributed by atoms with van der Waals surface area (Å²) in [6, 6.07) is 21.9. The van der Waals surface area contributed by atoms with Gasteiger partial charge in [0.05, 0.1) is 0 Å². The molecule has 21 heavy (non-hydrogen) atoms. The van der Waals surface area contributed by atoms with Crippen LogP contribution in [-0.4, -0.2) is 11.0 Å². The van der Waals surface area contributed by atoms with E-state index in [9.17, 15) is 0 Å². The van der Waals surface area contributed by atoms with E-state index in [1.54, 1.807) is 12.1 Å². The summed E-state index contributed by atoms with van der Waals surface area (Å²) in [5.41, 5.74) is 8.92. The second kappa shape index (κ2) is 12.5. The summed E-state index contributed by atoms with van der Waals surface area (Å²) in [4.78, 5) is 0. The van der Waals surface area contributed by atoms with Crippen molar-refractivity contribution >= 4 is 27.4 Å². The third-order valence-corrected chi connectivity index (χ3v) is 2.54. The third kappa shape index (κ3) is 7.96. The number of hydrogen-bond donors (Lipinski definition) is 0. The van der Waals surface area contributed by atoms with Gasteiger partial charge in [-0.2, -0.15) is 6.07 Å². The molecule has 0 unspecified atom stereocenters. The molecular weight excluding hydrogens is 306 g/mol. The zero-order valence-corrected chi connectivity index (χ0v) is 15.4. The van der Waals surface area contributed by atoms with Crippen molar-refractivity contribution < 1.29 is 21.7 Å². The van der Waals surface area contributed by atoms with Crippen molar-refractivity contribution in [2.45, 2.75) is 6.92 Å². The molecule has 0 fully saturated rings. The maximum Gasteiger partial charge on any atom is 4.00 e. The molecule has 0 spiro atoms. The van der Waals surface area contributed by atoms with E-state index in [1.807, 2.05) is 18.2 Å². The number of nitrogens with one attached hydrogen (secondary N) is 1. The van der Waals surface area contributed by atoms with Crippen molar-refractivity contribution in [2.75, 3.05) is 0 Å². The van der Waals surface area contributed by atoms with Crippen LogP contribution in [0.1, 0.15) is 5.56 Å². The molecule has 4 radical (unpaired) electrons. The van der Waals surface area contributed by atoms with Crippen LogP contribution in [0.15, 0.2) is 66.7 Å². The normalized spacial score (nSPS) is 7.86. The summed E-state index contributed by atoms with van der Waals surface area (Å²) in [6.07, 6.45) is 0. The van der Waals surface area contributed by atoms with Gasteiger partial charge >= 0.3 is 21.7 Å². The van der Waals surface area contributed by atoms with E-state index in [-0.39, 0.29) is 47.5 Å². The molecule has 3 aromatic rings. The Morgan fingerprint density at radius 3 is 1.86 bits per heavy atom. The number of benzene rings is 2. The SMILES string of the molecule is Cc1cc2ccccc2[cH-]1.[CH3-].[CH3-].[NH-]c1ccccc1.[Si].[Ti+4]. The summed E-state index contributed by atoms with van der Waals surface area (Å²) in [5.74, 6) is 0. The predicted octanol–water partition coefficient (Wildman–Crippen LogP) is 5.75. The van der Waals surface area contributed by atoms with Crippen LogP contribution in [0.5, 0.6) is 0 Å². The van der Waals surface area contributed by atoms with Gasteiger partial charge in [-0.1, -0.05) is 43.3 Å². The van der Waals surface area contributed by atoms with Crippen molar-refractivity contribution in [1.29, 1.82) is 0 Å². The van der Waals surface area contributed by atoms with E-state index in [1.165, 1.54) is 16.3 Å². The number of hydrogen-bond acceptors (Lipinski definition) is 0. The Bertz CT molecular complexity index is 557. The van der Waals surface area contributed by atoms with Crippen LogP contribution in [-0.2, 0) is 21.7 Å². The van der Waals surface area contributed by atoms with Crippen LogP contribution in [0.2, 0.25) is 0 Å². The van der Waals surface area contributed by atoms with Gasteiger partial charge in [0.1, 0.15) is 0 Å². The van der Waals surface area contributed by atoms with Crippen molar-refractivity contribution in [3.63, 3.8) is 0 Å². The molecule has 3 aromatic carbocycles. The molecule has 0 aliphatic carbocycles. The zero-order valence-electron chi connectivity index (χ0n) is 12.9. The largest absolute Gasteiger partial charge is 4.00 e. The monoisotopic (exact) mass is 327 g/mol. The molecule has 0 saturated heterocycles. The van der Waals surface area contributed by atoms with Gasteiger partial charge in [-0.15, -0.1) is 46.3 Å². The molecule has 3 rings (SSSR count). The maximum absolute atomic E-state index is 7.00. The first-order chi connectivity index (χ1) is 8.25. The predicted molar refractivity (Wildman–Crippen MR) is 93.3 cm³/mol. The smallest absolute Gasteiger partial charge is 0.699 e. The van der Waals surface area contributed by atoms with Crippen molar-refractivity contribution in [1.82, 2.24) is 0 Å². The van der Waals surface area contributed by atoms with E-state index in [0.717, 1.165) is 0 Å². The molecule has 0 heterocycles. The summed E-state index contributed by atoms with van der Waals surface area (Å²) in [7, 11) is 0. The van der Waals surface area contributed by atoms with Gasteiger partial charge in [-0.05, 0) is 0 Å². The average molecular weight is 327 g/mol. The Morgan fingerprint density at radius 2 is 1.38 bits per heavy atom. The minimum absolute atomic E-state index is 0. The Balaban J connectivity index is -0.000000270. The molecule has 0 aromatic heterocycles. The summed E-state index contributed by atoms with van der Waals surface area (Å²) in [5, 5.41) is 2.69. The standard InChI is InChI=1S/C10H9.C6H6N.2CH3.Si.Ti/c1-8-6-9-4-2-3-5-10(9)7-8;7-6-4-2-1-3-5-6;;;;/h2-7H,1H3;1-5,7H;2*1H3;;/q4*-1;;+4. The molecule has 0 saturated carbocycles. The van der Waals surface area contributed by atoms with E-state index in [0.29, 0.717) is 5.69 Å². The molecule has 106 valence electrons. The Hall–Kier alpha value is -1.22. The second-order valence-electron chi connectivity index (χ2n) is 4.03. The van der Waals surface area contributed by atoms with E-state index in [2.05, 4.69) is 43.3 Å². The fraction of sp³-hybridized carbons (Fsp3) is 0.0556. The molecule has 1 nitrogen and oxygen atoms in total. The van der Waals surface area contributed by atoms with Crippen molar-refractivity contribution in [3.05, 3.63) is 92.9 Å². The molecule has 3 heteroatoms. The fourth-order valence-corrected chi connectivity index (χ4v) is 1.74. The quantitative estimate of drug-likeness (QED) is 0.370. The van der Waals surface area contributed by atoms with E-state index in [4.69, 9.17) is 5.73 Å². The molecule has 0 atom stereocenters. The van der Waals surface area contributed by atoms with E-state index < -0.39 is 0 Å². The molecule has 0 amide bonds. The van der Waals surface area contributed by atoms with Crippen LogP contribution >= 0.6 is 0 Å². The Labute approximate surface area is 148 Å². The average Bonchev–Trinajstić information content (AvgIpc) is 2.71. The van der Waals surface area contributed by atoms with Crippen LogP contribution < -0.4 is 0 Å². The number of fused-ring (bicyclic) bond motifs is 1. The van der Waals surface area contributed by atoms with Gasteiger partial charge < -0.3 is 20.6 Å². The third-order valence-electron chi connectivity index (χ3n) is 2.54. The molecule has 0 aliphatic heterocycles. The van der Waals surface area contributed by atoms with Gasteiger partial charge in [0.15, 0.2) is 0 Å².